The molecular formula is C15H16F3NO. The highest BCUT2D eigenvalue weighted by Crippen LogP contribution is 2.30. The second-order valence-electron chi connectivity index (χ2n) is 4.53. The lowest BCUT2D eigenvalue weighted by molar-refractivity contribution is -0.137. The van der Waals surface area contributed by atoms with Crippen LogP contribution in [0.4, 0.5) is 13.2 Å². The molecule has 0 aliphatic heterocycles. The first kappa shape index (κ1) is 14.7. The fraction of sp³-hybridized carbons (Fsp3) is 0.333. The highest BCUT2D eigenvalue weighted by molar-refractivity contribution is 5.27. The molecular weight excluding hydrogens is 267 g/mol. The summed E-state index contributed by atoms with van der Waals surface area (Å²) in [5.41, 5.74) is 0.00636. The molecule has 0 aliphatic rings. The minimum absolute atomic E-state index is 0.126. The van der Waals surface area contributed by atoms with Crippen molar-refractivity contribution in [1.29, 1.82) is 0 Å². The second-order valence-corrected chi connectivity index (χ2v) is 4.53. The van der Waals surface area contributed by atoms with Gasteiger partial charge in [0.15, 0.2) is 0 Å². The Labute approximate surface area is 115 Å². The summed E-state index contributed by atoms with van der Waals surface area (Å²) in [4.78, 5) is 0. The van der Waals surface area contributed by atoms with Crippen molar-refractivity contribution in [1.82, 2.24) is 5.32 Å². The quantitative estimate of drug-likeness (QED) is 0.890. The van der Waals surface area contributed by atoms with Gasteiger partial charge in [0.1, 0.15) is 5.76 Å². The van der Waals surface area contributed by atoms with Gasteiger partial charge in [-0.3, -0.25) is 0 Å². The molecule has 1 aromatic carbocycles. The summed E-state index contributed by atoms with van der Waals surface area (Å²) in [5, 5.41) is 3.22. The van der Waals surface area contributed by atoms with Crippen molar-refractivity contribution in [2.24, 2.45) is 0 Å². The number of likely N-dealkylation sites (N-methyl/N-ethyl adjacent to an activating group) is 1. The number of halogens is 3. The molecule has 1 aromatic heterocycles. The zero-order valence-corrected chi connectivity index (χ0v) is 11.1. The lowest BCUT2D eigenvalue weighted by atomic mass is 10.0. The molecule has 1 atom stereocenters. The number of benzene rings is 1. The van der Waals surface area contributed by atoms with Crippen LogP contribution in [0.25, 0.3) is 0 Å². The summed E-state index contributed by atoms with van der Waals surface area (Å²) in [7, 11) is 0. The van der Waals surface area contributed by atoms with Crippen molar-refractivity contribution in [3.05, 3.63) is 59.5 Å². The van der Waals surface area contributed by atoms with Crippen molar-refractivity contribution in [2.45, 2.75) is 25.6 Å². The van der Waals surface area contributed by atoms with E-state index < -0.39 is 11.7 Å². The number of alkyl halides is 3. The largest absolute Gasteiger partial charge is 0.468 e. The molecule has 1 unspecified atom stereocenters. The number of hydrogen-bond acceptors (Lipinski definition) is 2. The second kappa shape index (κ2) is 6.13. The van der Waals surface area contributed by atoms with Crippen molar-refractivity contribution in [3.8, 4) is 0 Å². The predicted octanol–water partition coefficient (Wildman–Crippen LogP) is 4.19. The lowest BCUT2D eigenvalue weighted by Gasteiger charge is -2.16. The Morgan fingerprint density at radius 2 is 2.00 bits per heavy atom. The summed E-state index contributed by atoms with van der Waals surface area (Å²) in [6.45, 7) is 2.66. The van der Waals surface area contributed by atoms with Crippen molar-refractivity contribution in [2.75, 3.05) is 6.54 Å². The van der Waals surface area contributed by atoms with Gasteiger partial charge in [0.2, 0.25) is 0 Å². The maximum absolute atomic E-state index is 12.7. The SMILES string of the molecule is CCNC(Cc1cccc(C(F)(F)F)c1)c1ccco1. The molecule has 2 aromatic rings. The zero-order chi connectivity index (χ0) is 14.6. The van der Waals surface area contributed by atoms with E-state index in [0.29, 0.717) is 18.5 Å². The van der Waals surface area contributed by atoms with Crippen molar-refractivity contribution in [3.63, 3.8) is 0 Å². The summed E-state index contributed by atoms with van der Waals surface area (Å²) < 4.78 is 43.4. The van der Waals surface area contributed by atoms with Crippen LogP contribution in [-0.2, 0) is 12.6 Å². The minimum Gasteiger partial charge on any atom is -0.468 e. The number of nitrogens with one attached hydrogen (secondary N) is 1. The highest BCUT2D eigenvalue weighted by atomic mass is 19.4. The number of rotatable bonds is 5. The Bertz CT molecular complexity index is 534. The van der Waals surface area contributed by atoms with Gasteiger partial charge in [-0.1, -0.05) is 25.1 Å². The minimum atomic E-state index is -4.31. The number of hydrogen-bond donors (Lipinski definition) is 1. The third kappa shape index (κ3) is 3.63. The van der Waals surface area contributed by atoms with Gasteiger partial charge < -0.3 is 9.73 Å². The van der Waals surface area contributed by atoms with Crippen molar-refractivity contribution >= 4 is 0 Å². The zero-order valence-electron chi connectivity index (χ0n) is 11.1. The average molecular weight is 283 g/mol. The first-order valence-corrected chi connectivity index (χ1v) is 6.43. The molecule has 0 saturated heterocycles. The van der Waals surface area contributed by atoms with E-state index in [-0.39, 0.29) is 6.04 Å². The fourth-order valence-corrected chi connectivity index (χ4v) is 2.12. The Balaban J connectivity index is 2.19. The first-order chi connectivity index (χ1) is 9.50. The third-order valence-corrected chi connectivity index (χ3v) is 3.03. The first-order valence-electron chi connectivity index (χ1n) is 6.43. The Kier molecular flexibility index (Phi) is 4.49. The summed E-state index contributed by atoms with van der Waals surface area (Å²) in [5.74, 6) is 0.726. The third-order valence-electron chi connectivity index (χ3n) is 3.03. The molecule has 0 aliphatic carbocycles. The van der Waals surface area contributed by atoms with E-state index in [1.807, 2.05) is 13.0 Å². The Morgan fingerprint density at radius 3 is 2.60 bits per heavy atom. The van der Waals surface area contributed by atoms with E-state index >= 15 is 0 Å². The van der Waals surface area contributed by atoms with Crippen LogP contribution in [0.1, 0.15) is 29.9 Å². The van der Waals surface area contributed by atoms with Gasteiger partial charge in [-0.2, -0.15) is 13.2 Å². The molecule has 0 bridgehead atoms. The molecule has 0 saturated carbocycles. The molecule has 1 N–H and O–H groups in total. The van der Waals surface area contributed by atoms with Crippen LogP contribution < -0.4 is 5.32 Å². The van der Waals surface area contributed by atoms with Gasteiger partial charge in [0, 0.05) is 0 Å². The van der Waals surface area contributed by atoms with Crippen molar-refractivity contribution < 1.29 is 17.6 Å². The lowest BCUT2D eigenvalue weighted by Crippen LogP contribution is -2.22. The molecule has 0 radical (unpaired) electrons. The topological polar surface area (TPSA) is 25.2 Å². The maximum Gasteiger partial charge on any atom is 0.416 e. The van der Waals surface area contributed by atoms with Gasteiger partial charge in [-0.15, -0.1) is 0 Å². The van der Waals surface area contributed by atoms with Crippen LogP contribution in [0.3, 0.4) is 0 Å². The van der Waals surface area contributed by atoms with E-state index in [1.165, 1.54) is 12.1 Å². The maximum atomic E-state index is 12.7. The van der Waals surface area contributed by atoms with Gasteiger partial charge >= 0.3 is 6.18 Å². The summed E-state index contributed by atoms with van der Waals surface area (Å²) in [6, 6.07) is 8.86. The van der Waals surface area contributed by atoms with E-state index in [4.69, 9.17) is 4.42 Å². The molecule has 1 heterocycles. The van der Waals surface area contributed by atoms with Crippen LogP contribution in [0.15, 0.2) is 47.1 Å². The van der Waals surface area contributed by atoms with E-state index in [0.717, 1.165) is 11.8 Å². The van der Waals surface area contributed by atoms with Gasteiger partial charge in [-0.25, -0.2) is 0 Å². The molecule has 5 heteroatoms. The predicted molar refractivity (Wildman–Crippen MR) is 70.3 cm³/mol. The van der Waals surface area contributed by atoms with E-state index in [1.54, 1.807) is 18.4 Å². The van der Waals surface area contributed by atoms with Crippen LogP contribution in [0.2, 0.25) is 0 Å². The fourth-order valence-electron chi connectivity index (χ4n) is 2.12. The standard InChI is InChI=1S/C15H16F3NO/c1-2-19-13(14-7-4-8-20-14)10-11-5-3-6-12(9-11)15(16,17)18/h3-9,13,19H,2,10H2,1H3. The molecule has 0 amide bonds. The van der Waals surface area contributed by atoms with Crippen LogP contribution in [0, 0.1) is 0 Å². The molecule has 0 fully saturated rings. The normalized spacial score (nSPS) is 13.4. The van der Waals surface area contributed by atoms with Crippen LogP contribution >= 0.6 is 0 Å². The van der Waals surface area contributed by atoms with E-state index in [2.05, 4.69) is 5.32 Å². The molecule has 2 rings (SSSR count). The van der Waals surface area contributed by atoms with Crippen LogP contribution in [0.5, 0.6) is 0 Å². The number of furan rings is 1. The van der Waals surface area contributed by atoms with Crippen LogP contribution in [-0.4, -0.2) is 6.54 Å². The van der Waals surface area contributed by atoms with Gasteiger partial charge in [0.05, 0.1) is 17.9 Å². The molecule has 0 spiro atoms. The van der Waals surface area contributed by atoms with Gasteiger partial charge in [-0.05, 0) is 36.7 Å². The summed E-state index contributed by atoms with van der Waals surface area (Å²) >= 11 is 0. The Hall–Kier alpha value is -1.75. The highest BCUT2D eigenvalue weighted by Gasteiger charge is 2.30. The molecule has 108 valence electrons. The average Bonchev–Trinajstić information content (AvgIpc) is 2.91. The summed E-state index contributed by atoms with van der Waals surface area (Å²) in [6.07, 6.45) is -2.30. The Morgan fingerprint density at radius 1 is 1.20 bits per heavy atom. The van der Waals surface area contributed by atoms with Gasteiger partial charge in [0.25, 0.3) is 0 Å². The molecule has 20 heavy (non-hydrogen) atoms. The monoisotopic (exact) mass is 283 g/mol. The van der Waals surface area contributed by atoms with E-state index in [9.17, 15) is 13.2 Å². The smallest absolute Gasteiger partial charge is 0.416 e. The molecule has 2 nitrogen and oxygen atoms in total.